The van der Waals surface area contributed by atoms with Gasteiger partial charge in [0.15, 0.2) is 0 Å². The predicted molar refractivity (Wildman–Crippen MR) is 70.7 cm³/mol. The van der Waals surface area contributed by atoms with Crippen LogP contribution in [-0.4, -0.2) is 11.1 Å². The zero-order chi connectivity index (χ0) is 13.2. The Morgan fingerprint density at radius 1 is 1.18 bits per heavy atom. The Labute approximate surface area is 104 Å². The molecule has 94 valence electrons. The smallest absolute Gasteiger partial charge is 0.310 e. The maximum absolute atomic E-state index is 11.4. The molecule has 1 aromatic carbocycles. The third-order valence-corrected chi connectivity index (χ3v) is 3.65. The molecule has 0 heterocycles. The van der Waals surface area contributed by atoms with Gasteiger partial charge in [-0.2, -0.15) is 0 Å². The van der Waals surface area contributed by atoms with Crippen molar-refractivity contribution in [3.05, 3.63) is 33.9 Å². The first-order chi connectivity index (χ1) is 7.90. The zero-order valence-electron chi connectivity index (χ0n) is 11.4. The van der Waals surface area contributed by atoms with Crippen molar-refractivity contribution in [3.63, 3.8) is 0 Å². The van der Waals surface area contributed by atoms with Crippen LogP contribution in [0.25, 0.3) is 0 Å². The number of carbonyl (C=O) groups is 1. The highest BCUT2D eigenvalue weighted by molar-refractivity contribution is 5.77. The van der Waals surface area contributed by atoms with Gasteiger partial charge in [-0.15, -0.1) is 0 Å². The minimum Gasteiger partial charge on any atom is -0.481 e. The van der Waals surface area contributed by atoms with Gasteiger partial charge in [0.2, 0.25) is 0 Å². The number of aliphatic carboxylic acids is 1. The van der Waals surface area contributed by atoms with Crippen LogP contribution < -0.4 is 0 Å². The molecule has 0 aromatic heterocycles. The first-order valence-electron chi connectivity index (χ1n) is 6.20. The minimum atomic E-state index is -0.706. The Balaban J connectivity index is 3.41. The fourth-order valence-corrected chi connectivity index (χ4v) is 2.45. The third-order valence-electron chi connectivity index (χ3n) is 3.65. The quantitative estimate of drug-likeness (QED) is 0.858. The third kappa shape index (κ3) is 2.68. The lowest BCUT2D eigenvalue weighted by molar-refractivity contribution is -0.139. The SMILES string of the molecule is CCCC(C(=O)O)c1c(C)c(C)cc(C)c1C. The van der Waals surface area contributed by atoms with Crippen LogP contribution in [-0.2, 0) is 4.79 Å². The lowest BCUT2D eigenvalue weighted by Crippen LogP contribution is -2.15. The molecule has 0 spiro atoms. The van der Waals surface area contributed by atoms with Gasteiger partial charge in [-0.1, -0.05) is 19.4 Å². The van der Waals surface area contributed by atoms with Gasteiger partial charge in [-0.25, -0.2) is 0 Å². The van der Waals surface area contributed by atoms with E-state index in [1.165, 1.54) is 11.1 Å². The topological polar surface area (TPSA) is 37.3 Å². The van der Waals surface area contributed by atoms with Crippen molar-refractivity contribution < 1.29 is 9.90 Å². The van der Waals surface area contributed by atoms with Crippen molar-refractivity contribution in [2.75, 3.05) is 0 Å². The van der Waals surface area contributed by atoms with E-state index in [0.717, 1.165) is 23.1 Å². The van der Waals surface area contributed by atoms with Crippen LogP contribution in [0.4, 0.5) is 0 Å². The van der Waals surface area contributed by atoms with Crippen molar-refractivity contribution >= 4 is 5.97 Å². The van der Waals surface area contributed by atoms with Gasteiger partial charge in [0.25, 0.3) is 0 Å². The summed E-state index contributed by atoms with van der Waals surface area (Å²) < 4.78 is 0. The molecule has 0 saturated heterocycles. The molecule has 17 heavy (non-hydrogen) atoms. The van der Waals surface area contributed by atoms with E-state index < -0.39 is 5.97 Å². The maximum atomic E-state index is 11.4. The molecule has 1 unspecified atom stereocenters. The fourth-order valence-electron chi connectivity index (χ4n) is 2.45. The Bertz CT molecular complexity index is 407. The molecule has 0 bridgehead atoms. The summed E-state index contributed by atoms with van der Waals surface area (Å²) in [5, 5.41) is 9.39. The molecule has 2 heteroatoms. The molecule has 0 amide bonds. The summed E-state index contributed by atoms with van der Waals surface area (Å²) >= 11 is 0. The first kappa shape index (κ1) is 13.8. The highest BCUT2D eigenvalue weighted by Gasteiger charge is 2.23. The predicted octanol–water partition coefficient (Wildman–Crippen LogP) is 3.89. The van der Waals surface area contributed by atoms with E-state index >= 15 is 0 Å². The molecule has 0 aliphatic carbocycles. The molecule has 0 aliphatic heterocycles. The number of carboxylic acids is 1. The summed E-state index contributed by atoms with van der Waals surface area (Å²) in [6, 6.07) is 2.14. The van der Waals surface area contributed by atoms with E-state index in [9.17, 15) is 9.90 Å². The number of benzene rings is 1. The van der Waals surface area contributed by atoms with Crippen molar-refractivity contribution in [2.45, 2.75) is 53.4 Å². The molecule has 2 nitrogen and oxygen atoms in total. The molecule has 0 fully saturated rings. The van der Waals surface area contributed by atoms with Crippen LogP contribution in [0.15, 0.2) is 6.07 Å². The largest absolute Gasteiger partial charge is 0.481 e. The summed E-state index contributed by atoms with van der Waals surface area (Å²) in [5.41, 5.74) is 5.66. The second kappa shape index (κ2) is 5.35. The molecule has 0 aliphatic rings. The summed E-state index contributed by atoms with van der Waals surface area (Å²) in [6.45, 7) is 10.2. The number of hydrogen-bond acceptors (Lipinski definition) is 1. The fraction of sp³-hybridized carbons (Fsp3) is 0.533. The molecule has 1 N–H and O–H groups in total. The van der Waals surface area contributed by atoms with Gasteiger partial charge in [0.1, 0.15) is 0 Å². The Hall–Kier alpha value is -1.31. The number of carboxylic acid groups (broad SMARTS) is 1. The molecule has 1 rings (SSSR count). The van der Waals surface area contributed by atoms with Gasteiger partial charge in [0, 0.05) is 0 Å². The second-order valence-electron chi connectivity index (χ2n) is 4.85. The molecule has 1 atom stereocenters. The van der Waals surface area contributed by atoms with Crippen LogP contribution in [0.3, 0.4) is 0 Å². The second-order valence-corrected chi connectivity index (χ2v) is 4.85. The normalized spacial score (nSPS) is 12.5. The summed E-state index contributed by atoms with van der Waals surface area (Å²) in [6.07, 6.45) is 1.60. The molecule has 0 radical (unpaired) electrons. The molecular weight excluding hydrogens is 212 g/mol. The van der Waals surface area contributed by atoms with Crippen LogP contribution in [0.5, 0.6) is 0 Å². The van der Waals surface area contributed by atoms with E-state index in [1.807, 2.05) is 20.8 Å². The molecule has 1 aromatic rings. The van der Waals surface area contributed by atoms with Gasteiger partial charge < -0.3 is 5.11 Å². The summed E-state index contributed by atoms with van der Waals surface area (Å²) in [5.74, 6) is -1.07. The van der Waals surface area contributed by atoms with E-state index in [0.29, 0.717) is 6.42 Å². The lowest BCUT2D eigenvalue weighted by Gasteiger charge is -2.20. The highest BCUT2D eigenvalue weighted by atomic mass is 16.4. The summed E-state index contributed by atoms with van der Waals surface area (Å²) in [4.78, 5) is 11.4. The number of aryl methyl sites for hydroxylation is 2. The highest BCUT2D eigenvalue weighted by Crippen LogP contribution is 2.31. The van der Waals surface area contributed by atoms with Crippen LogP contribution in [0.2, 0.25) is 0 Å². The molecule has 0 saturated carbocycles. The lowest BCUT2D eigenvalue weighted by atomic mass is 9.84. The maximum Gasteiger partial charge on any atom is 0.310 e. The van der Waals surface area contributed by atoms with Gasteiger partial charge >= 0.3 is 5.97 Å². The average Bonchev–Trinajstić information content (AvgIpc) is 2.25. The van der Waals surface area contributed by atoms with E-state index in [4.69, 9.17) is 0 Å². The first-order valence-corrected chi connectivity index (χ1v) is 6.20. The zero-order valence-corrected chi connectivity index (χ0v) is 11.4. The Morgan fingerprint density at radius 3 is 2.00 bits per heavy atom. The Kier molecular flexibility index (Phi) is 4.33. The van der Waals surface area contributed by atoms with E-state index in [-0.39, 0.29) is 5.92 Å². The van der Waals surface area contributed by atoms with Gasteiger partial charge in [-0.3, -0.25) is 4.79 Å². The van der Waals surface area contributed by atoms with Crippen molar-refractivity contribution in [3.8, 4) is 0 Å². The van der Waals surface area contributed by atoms with Gasteiger partial charge in [0.05, 0.1) is 5.92 Å². The van der Waals surface area contributed by atoms with Crippen molar-refractivity contribution in [1.29, 1.82) is 0 Å². The number of rotatable bonds is 4. The van der Waals surface area contributed by atoms with Crippen LogP contribution in [0.1, 0.15) is 53.5 Å². The monoisotopic (exact) mass is 234 g/mol. The van der Waals surface area contributed by atoms with Crippen molar-refractivity contribution in [2.24, 2.45) is 0 Å². The van der Waals surface area contributed by atoms with Crippen molar-refractivity contribution in [1.82, 2.24) is 0 Å². The Morgan fingerprint density at radius 2 is 1.65 bits per heavy atom. The van der Waals surface area contributed by atoms with Gasteiger partial charge in [-0.05, 0) is 61.9 Å². The van der Waals surface area contributed by atoms with E-state index in [1.54, 1.807) is 0 Å². The van der Waals surface area contributed by atoms with Crippen LogP contribution >= 0.6 is 0 Å². The molecular formula is C15H22O2. The number of hydrogen-bond donors (Lipinski definition) is 1. The van der Waals surface area contributed by atoms with E-state index in [2.05, 4.69) is 19.9 Å². The minimum absolute atomic E-state index is 0.362. The average molecular weight is 234 g/mol. The standard InChI is InChI=1S/C15H22O2/c1-6-7-13(15(16)17)14-11(4)9(2)8-10(3)12(14)5/h8,13H,6-7H2,1-5H3,(H,16,17). The summed E-state index contributed by atoms with van der Waals surface area (Å²) in [7, 11) is 0. The van der Waals surface area contributed by atoms with Crippen LogP contribution in [0, 0.1) is 27.7 Å².